The second-order valence-corrected chi connectivity index (χ2v) is 11.1. The Morgan fingerprint density at radius 2 is 1.61 bits per heavy atom. The van der Waals surface area contributed by atoms with E-state index in [9.17, 15) is 9.59 Å². The molecule has 0 radical (unpaired) electrons. The number of piperidine rings is 1. The molecule has 1 aromatic heterocycles. The quantitative estimate of drug-likeness (QED) is 0.497. The van der Waals surface area contributed by atoms with Crippen molar-refractivity contribution in [1.82, 2.24) is 9.88 Å². The highest BCUT2D eigenvalue weighted by atomic mass is 16.2. The van der Waals surface area contributed by atoms with Gasteiger partial charge in [-0.25, -0.2) is 4.98 Å². The summed E-state index contributed by atoms with van der Waals surface area (Å²) in [6.45, 7) is 11.8. The second-order valence-electron chi connectivity index (χ2n) is 11.1. The molecule has 0 unspecified atom stereocenters. The zero-order chi connectivity index (χ0) is 26.6. The molecule has 2 aliphatic rings. The highest BCUT2D eigenvalue weighted by Gasteiger charge is 2.24. The van der Waals surface area contributed by atoms with Gasteiger partial charge in [0.15, 0.2) is 0 Å². The lowest BCUT2D eigenvalue weighted by Crippen LogP contribution is -2.48. The molecule has 2 saturated heterocycles. The van der Waals surface area contributed by atoms with Gasteiger partial charge in [-0.05, 0) is 67.1 Å². The van der Waals surface area contributed by atoms with E-state index < -0.39 is 0 Å². The molecule has 38 heavy (non-hydrogen) atoms. The van der Waals surface area contributed by atoms with Crippen LogP contribution in [0.1, 0.15) is 38.7 Å². The normalized spacial score (nSPS) is 20.0. The molecule has 2 aromatic carbocycles. The van der Waals surface area contributed by atoms with E-state index in [0.717, 1.165) is 54.2 Å². The van der Waals surface area contributed by atoms with Gasteiger partial charge in [-0.1, -0.05) is 32.0 Å². The number of carbonyl (C=O) groups excluding carboxylic acids is 2. The average molecular weight is 514 g/mol. The predicted octanol–water partition coefficient (Wildman–Crippen LogP) is 5.09. The molecule has 2 aliphatic heterocycles. The SMILES string of the molecule is Cc1cc(N2C[C@H](C)C[C@@H](C)C2)nc2ccc(NC(=O)CCC(=O)N3CCN(c4ccccc4)CC3)cc12. The summed E-state index contributed by atoms with van der Waals surface area (Å²) in [5.41, 5.74) is 4.02. The predicted molar refractivity (Wildman–Crippen MR) is 155 cm³/mol. The van der Waals surface area contributed by atoms with Crippen LogP contribution in [0.2, 0.25) is 0 Å². The summed E-state index contributed by atoms with van der Waals surface area (Å²) in [6.07, 6.45) is 1.67. The molecule has 0 saturated carbocycles. The number of piperazine rings is 1. The number of anilines is 3. The number of amides is 2. The maximum Gasteiger partial charge on any atom is 0.224 e. The molecule has 0 aliphatic carbocycles. The summed E-state index contributed by atoms with van der Waals surface area (Å²) >= 11 is 0. The number of fused-ring (bicyclic) bond motifs is 1. The minimum atomic E-state index is -0.140. The highest BCUT2D eigenvalue weighted by molar-refractivity contribution is 5.96. The van der Waals surface area contributed by atoms with E-state index >= 15 is 0 Å². The summed E-state index contributed by atoms with van der Waals surface area (Å²) in [5, 5.41) is 4.02. The van der Waals surface area contributed by atoms with E-state index in [1.807, 2.05) is 41.3 Å². The molecular weight excluding hydrogens is 474 g/mol. The number of pyridine rings is 1. The van der Waals surface area contributed by atoms with Gasteiger partial charge in [0.25, 0.3) is 0 Å². The first-order valence-corrected chi connectivity index (χ1v) is 13.9. The Balaban J connectivity index is 1.14. The first-order chi connectivity index (χ1) is 18.4. The summed E-state index contributed by atoms with van der Waals surface area (Å²) in [7, 11) is 0. The molecular formula is C31H39N5O2. The molecule has 1 N–H and O–H groups in total. The number of rotatable bonds is 6. The third kappa shape index (κ3) is 6.09. The number of aromatic nitrogens is 1. The number of carbonyl (C=O) groups is 2. The van der Waals surface area contributed by atoms with Crippen LogP contribution >= 0.6 is 0 Å². The van der Waals surface area contributed by atoms with Gasteiger partial charge < -0.3 is 20.0 Å². The smallest absolute Gasteiger partial charge is 0.224 e. The number of hydrogen-bond donors (Lipinski definition) is 1. The lowest BCUT2D eigenvalue weighted by molar-refractivity contribution is -0.133. The van der Waals surface area contributed by atoms with Crippen molar-refractivity contribution in [3.05, 3.63) is 60.2 Å². The van der Waals surface area contributed by atoms with Crippen molar-refractivity contribution in [2.24, 2.45) is 11.8 Å². The lowest BCUT2D eigenvalue weighted by atomic mass is 9.92. The Bertz CT molecular complexity index is 1280. The van der Waals surface area contributed by atoms with Crippen molar-refractivity contribution in [1.29, 1.82) is 0 Å². The Kier molecular flexibility index (Phi) is 7.82. The Hall–Kier alpha value is -3.61. The average Bonchev–Trinajstić information content (AvgIpc) is 2.92. The fourth-order valence-electron chi connectivity index (χ4n) is 5.92. The van der Waals surface area contributed by atoms with Gasteiger partial charge in [-0.15, -0.1) is 0 Å². The van der Waals surface area contributed by atoms with Crippen LogP contribution in [-0.4, -0.2) is 61.0 Å². The van der Waals surface area contributed by atoms with Gasteiger partial charge in [0.1, 0.15) is 5.82 Å². The van der Waals surface area contributed by atoms with Gasteiger partial charge in [-0.3, -0.25) is 9.59 Å². The second kappa shape index (κ2) is 11.4. The van der Waals surface area contributed by atoms with E-state index in [0.29, 0.717) is 24.9 Å². The molecule has 7 heteroatoms. The fraction of sp³-hybridized carbons (Fsp3) is 0.452. The molecule has 5 rings (SSSR count). The molecule has 2 amide bonds. The highest BCUT2D eigenvalue weighted by Crippen LogP contribution is 2.29. The molecule has 3 aromatic rings. The van der Waals surface area contributed by atoms with E-state index in [1.54, 1.807) is 0 Å². The zero-order valence-electron chi connectivity index (χ0n) is 22.8. The van der Waals surface area contributed by atoms with Crippen molar-refractivity contribution >= 4 is 39.9 Å². The zero-order valence-corrected chi connectivity index (χ0v) is 22.8. The summed E-state index contributed by atoms with van der Waals surface area (Å²) in [4.78, 5) is 36.9. The van der Waals surface area contributed by atoms with Crippen LogP contribution in [0.4, 0.5) is 17.2 Å². The number of para-hydroxylation sites is 1. The lowest BCUT2D eigenvalue weighted by Gasteiger charge is -2.36. The Labute approximate surface area is 225 Å². The van der Waals surface area contributed by atoms with Crippen LogP contribution in [0.3, 0.4) is 0 Å². The largest absolute Gasteiger partial charge is 0.368 e. The summed E-state index contributed by atoms with van der Waals surface area (Å²) in [6, 6.07) is 18.3. The van der Waals surface area contributed by atoms with E-state index in [4.69, 9.17) is 4.98 Å². The molecule has 2 atom stereocenters. The minimum Gasteiger partial charge on any atom is -0.368 e. The monoisotopic (exact) mass is 513 g/mol. The third-order valence-electron chi connectivity index (χ3n) is 7.80. The van der Waals surface area contributed by atoms with Crippen molar-refractivity contribution in [2.45, 2.75) is 40.0 Å². The maximum absolute atomic E-state index is 12.7. The van der Waals surface area contributed by atoms with Crippen molar-refractivity contribution in [3.63, 3.8) is 0 Å². The van der Waals surface area contributed by atoms with Gasteiger partial charge in [0.2, 0.25) is 11.8 Å². The topological polar surface area (TPSA) is 68.8 Å². The van der Waals surface area contributed by atoms with Gasteiger partial charge >= 0.3 is 0 Å². The van der Waals surface area contributed by atoms with Crippen LogP contribution in [0.5, 0.6) is 0 Å². The van der Waals surface area contributed by atoms with Gasteiger partial charge in [0.05, 0.1) is 5.52 Å². The molecule has 7 nitrogen and oxygen atoms in total. The van der Waals surface area contributed by atoms with E-state index in [2.05, 4.69) is 54.1 Å². The summed E-state index contributed by atoms with van der Waals surface area (Å²) < 4.78 is 0. The first-order valence-electron chi connectivity index (χ1n) is 13.9. The van der Waals surface area contributed by atoms with Crippen molar-refractivity contribution in [3.8, 4) is 0 Å². The molecule has 200 valence electrons. The summed E-state index contributed by atoms with van der Waals surface area (Å²) in [5.74, 6) is 2.27. The number of hydrogen-bond acceptors (Lipinski definition) is 5. The minimum absolute atomic E-state index is 0.0419. The van der Waals surface area contributed by atoms with Gasteiger partial charge in [0, 0.05) is 68.9 Å². The number of benzene rings is 2. The van der Waals surface area contributed by atoms with E-state index in [1.165, 1.54) is 12.1 Å². The van der Waals surface area contributed by atoms with Crippen molar-refractivity contribution < 1.29 is 9.59 Å². The van der Waals surface area contributed by atoms with Gasteiger partial charge in [-0.2, -0.15) is 0 Å². The van der Waals surface area contributed by atoms with Crippen LogP contribution < -0.4 is 15.1 Å². The van der Waals surface area contributed by atoms with Crippen LogP contribution in [0.15, 0.2) is 54.6 Å². The first kappa shape index (κ1) is 26.0. The number of nitrogens with zero attached hydrogens (tertiary/aromatic N) is 4. The molecule has 3 heterocycles. The van der Waals surface area contributed by atoms with Crippen LogP contribution in [0, 0.1) is 18.8 Å². The fourth-order valence-corrected chi connectivity index (χ4v) is 5.92. The number of aryl methyl sites for hydroxylation is 1. The third-order valence-corrected chi connectivity index (χ3v) is 7.80. The Morgan fingerprint density at radius 1 is 0.895 bits per heavy atom. The van der Waals surface area contributed by atoms with Crippen LogP contribution in [0.25, 0.3) is 10.9 Å². The Morgan fingerprint density at radius 3 is 2.32 bits per heavy atom. The van der Waals surface area contributed by atoms with Crippen molar-refractivity contribution in [2.75, 3.05) is 54.4 Å². The molecule has 0 spiro atoms. The maximum atomic E-state index is 12.7. The standard InChI is InChI=1S/C31H39N5O2/c1-22-17-23(2)21-36(20-22)29-18-24(3)27-19-25(9-10-28(27)33-29)32-30(37)11-12-31(38)35-15-13-34(14-16-35)26-7-5-4-6-8-26/h4-10,18-19,22-23H,11-17,20-21H2,1-3H3,(H,32,37)/t22-,23-/m1/s1. The van der Waals surface area contributed by atoms with E-state index in [-0.39, 0.29) is 24.7 Å². The molecule has 0 bridgehead atoms. The number of nitrogens with one attached hydrogen (secondary N) is 1. The van der Waals surface area contributed by atoms with Crippen LogP contribution in [-0.2, 0) is 9.59 Å². The molecule has 2 fully saturated rings.